The zero-order chi connectivity index (χ0) is 12.8. The third kappa shape index (κ3) is 3.48. The molecule has 0 aliphatic heterocycles. The van der Waals surface area contributed by atoms with Gasteiger partial charge in [0.05, 0.1) is 12.2 Å². The quantitative estimate of drug-likeness (QED) is 0.733. The standard InChI is InChI=1S/C16H30O2/c1-17-15(13-9-5-3-6-10-13)16(18-2)14-11-7-4-8-12-14/h13-16H,3-12H2,1-2H3/t15-,16-/m1/s1. The molecule has 2 aliphatic carbocycles. The molecule has 0 spiro atoms. The molecule has 0 bridgehead atoms. The summed E-state index contributed by atoms with van der Waals surface area (Å²) in [5.74, 6) is 1.46. The second-order valence-electron chi connectivity index (χ2n) is 6.20. The van der Waals surface area contributed by atoms with Crippen molar-refractivity contribution in [2.45, 2.75) is 76.4 Å². The smallest absolute Gasteiger partial charge is 0.0863 e. The van der Waals surface area contributed by atoms with E-state index in [0.29, 0.717) is 12.2 Å². The Hall–Kier alpha value is -0.0800. The molecule has 2 rings (SSSR count). The van der Waals surface area contributed by atoms with Gasteiger partial charge in [0.25, 0.3) is 0 Å². The zero-order valence-electron chi connectivity index (χ0n) is 12.2. The van der Waals surface area contributed by atoms with Gasteiger partial charge in [-0.15, -0.1) is 0 Å². The first-order valence-electron chi connectivity index (χ1n) is 7.92. The summed E-state index contributed by atoms with van der Waals surface area (Å²) in [7, 11) is 3.77. The van der Waals surface area contributed by atoms with Crippen molar-refractivity contribution in [1.29, 1.82) is 0 Å². The van der Waals surface area contributed by atoms with E-state index in [-0.39, 0.29) is 0 Å². The Morgan fingerprint density at radius 2 is 0.944 bits per heavy atom. The Bertz CT molecular complexity index is 193. The van der Waals surface area contributed by atoms with Crippen molar-refractivity contribution >= 4 is 0 Å². The highest BCUT2D eigenvalue weighted by atomic mass is 16.5. The van der Waals surface area contributed by atoms with Crippen molar-refractivity contribution in [3.05, 3.63) is 0 Å². The topological polar surface area (TPSA) is 18.5 Å². The molecule has 0 heterocycles. The van der Waals surface area contributed by atoms with Crippen molar-refractivity contribution < 1.29 is 9.47 Å². The van der Waals surface area contributed by atoms with Crippen LogP contribution in [0.5, 0.6) is 0 Å². The van der Waals surface area contributed by atoms with E-state index in [4.69, 9.17) is 9.47 Å². The van der Waals surface area contributed by atoms with E-state index < -0.39 is 0 Å². The van der Waals surface area contributed by atoms with Gasteiger partial charge in [-0.2, -0.15) is 0 Å². The summed E-state index contributed by atoms with van der Waals surface area (Å²) < 4.78 is 11.7. The maximum absolute atomic E-state index is 5.87. The average Bonchev–Trinajstić information content (AvgIpc) is 2.46. The maximum atomic E-state index is 5.87. The molecule has 0 N–H and O–H groups in total. The Morgan fingerprint density at radius 3 is 1.22 bits per heavy atom. The predicted molar refractivity (Wildman–Crippen MR) is 74.7 cm³/mol. The highest BCUT2D eigenvalue weighted by molar-refractivity contribution is 4.86. The summed E-state index contributed by atoms with van der Waals surface area (Å²) in [5.41, 5.74) is 0. The summed E-state index contributed by atoms with van der Waals surface area (Å²) in [6, 6.07) is 0. The molecule has 2 saturated carbocycles. The number of hydrogen-bond acceptors (Lipinski definition) is 2. The van der Waals surface area contributed by atoms with Crippen LogP contribution in [-0.2, 0) is 9.47 Å². The normalized spacial score (nSPS) is 27.0. The number of rotatable bonds is 5. The van der Waals surface area contributed by atoms with Crippen LogP contribution in [-0.4, -0.2) is 26.4 Å². The van der Waals surface area contributed by atoms with E-state index >= 15 is 0 Å². The molecule has 0 radical (unpaired) electrons. The first kappa shape index (κ1) is 14.3. The summed E-state index contributed by atoms with van der Waals surface area (Å²) in [6.07, 6.45) is 14.4. The van der Waals surface area contributed by atoms with Gasteiger partial charge in [0.1, 0.15) is 0 Å². The number of methoxy groups -OCH3 is 2. The second kappa shape index (κ2) is 7.49. The second-order valence-corrected chi connectivity index (χ2v) is 6.20. The van der Waals surface area contributed by atoms with Gasteiger partial charge in [0, 0.05) is 14.2 Å². The fraction of sp³-hybridized carbons (Fsp3) is 1.00. The molecular weight excluding hydrogens is 224 g/mol. The molecule has 18 heavy (non-hydrogen) atoms. The van der Waals surface area contributed by atoms with Gasteiger partial charge in [-0.25, -0.2) is 0 Å². The Labute approximate surface area is 112 Å². The van der Waals surface area contributed by atoms with Crippen LogP contribution in [0, 0.1) is 11.8 Å². The predicted octanol–water partition coefficient (Wildman–Crippen LogP) is 4.18. The molecule has 0 saturated heterocycles. The van der Waals surface area contributed by atoms with E-state index in [1.807, 2.05) is 14.2 Å². The Morgan fingerprint density at radius 1 is 0.611 bits per heavy atom. The van der Waals surface area contributed by atoms with Crippen LogP contribution in [0.25, 0.3) is 0 Å². The Kier molecular flexibility index (Phi) is 5.97. The summed E-state index contributed by atoms with van der Waals surface area (Å²) in [5, 5.41) is 0. The van der Waals surface area contributed by atoms with Crippen LogP contribution >= 0.6 is 0 Å². The molecule has 2 fully saturated rings. The van der Waals surface area contributed by atoms with Crippen LogP contribution in [0.4, 0.5) is 0 Å². The largest absolute Gasteiger partial charge is 0.378 e. The van der Waals surface area contributed by atoms with Crippen molar-refractivity contribution in [3.63, 3.8) is 0 Å². The molecule has 0 aromatic heterocycles. The SMILES string of the molecule is CO[C@H](C1CCCCC1)[C@H](OC)C1CCCCC1. The van der Waals surface area contributed by atoms with E-state index in [0.717, 1.165) is 11.8 Å². The lowest BCUT2D eigenvalue weighted by atomic mass is 9.76. The van der Waals surface area contributed by atoms with E-state index in [2.05, 4.69) is 0 Å². The first-order valence-corrected chi connectivity index (χ1v) is 7.92. The molecule has 2 nitrogen and oxygen atoms in total. The van der Waals surface area contributed by atoms with Gasteiger partial charge in [0.15, 0.2) is 0 Å². The van der Waals surface area contributed by atoms with Crippen LogP contribution in [0.3, 0.4) is 0 Å². The molecule has 0 unspecified atom stereocenters. The summed E-state index contributed by atoms with van der Waals surface area (Å²) >= 11 is 0. The van der Waals surface area contributed by atoms with E-state index in [9.17, 15) is 0 Å². The van der Waals surface area contributed by atoms with Crippen LogP contribution in [0.1, 0.15) is 64.2 Å². The van der Waals surface area contributed by atoms with Crippen molar-refractivity contribution in [2.24, 2.45) is 11.8 Å². The highest BCUT2D eigenvalue weighted by Crippen LogP contribution is 2.36. The minimum Gasteiger partial charge on any atom is -0.378 e. The zero-order valence-corrected chi connectivity index (χ0v) is 12.2. The van der Waals surface area contributed by atoms with Crippen LogP contribution in [0.2, 0.25) is 0 Å². The fourth-order valence-corrected chi connectivity index (χ4v) is 4.12. The molecule has 2 aliphatic rings. The molecule has 0 aromatic rings. The number of ether oxygens (including phenoxy) is 2. The number of hydrogen-bond donors (Lipinski definition) is 0. The van der Waals surface area contributed by atoms with Crippen molar-refractivity contribution in [1.82, 2.24) is 0 Å². The van der Waals surface area contributed by atoms with Crippen LogP contribution in [0.15, 0.2) is 0 Å². The van der Waals surface area contributed by atoms with Crippen molar-refractivity contribution in [2.75, 3.05) is 14.2 Å². The highest BCUT2D eigenvalue weighted by Gasteiger charge is 2.36. The third-order valence-corrected chi connectivity index (χ3v) is 5.10. The Balaban J connectivity index is 1.97. The summed E-state index contributed by atoms with van der Waals surface area (Å²) in [4.78, 5) is 0. The van der Waals surface area contributed by atoms with Gasteiger partial charge in [0.2, 0.25) is 0 Å². The van der Waals surface area contributed by atoms with E-state index in [1.54, 1.807) is 0 Å². The average molecular weight is 254 g/mol. The maximum Gasteiger partial charge on any atom is 0.0863 e. The minimum absolute atomic E-state index is 0.332. The molecular formula is C16H30O2. The molecule has 2 heteroatoms. The van der Waals surface area contributed by atoms with Gasteiger partial charge in [-0.1, -0.05) is 38.5 Å². The third-order valence-electron chi connectivity index (χ3n) is 5.10. The molecule has 106 valence electrons. The van der Waals surface area contributed by atoms with Crippen molar-refractivity contribution in [3.8, 4) is 0 Å². The van der Waals surface area contributed by atoms with Crippen LogP contribution < -0.4 is 0 Å². The van der Waals surface area contributed by atoms with Gasteiger partial charge in [-0.05, 0) is 37.5 Å². The lowest BCUT2D eigenvalue weighted by Crippen LogP contribution is -2.43. The molecule has 0 amide bonds. The van der Waals surface area contributed by atoms with Gasteiger partial charge < -0.3 is 9.47 Å². The molecule has 2 atom stereocenters. The monoisotopic (exact) mass is 254 g/mol. The lowest BCUT2D eigenvalue weighted by Gasteiger charge is -2.39. The van der Waals surface area contributed by atoms with Gasteiger partial charge in [-0.3, -0.25) is 0 Å². The summed E-state index contributed by atoms with van der Waals surface area (Å²) in [6.45, 7) is 0. The van der Waals surface area contributed by atoms with Gasteiger partial charge >= 0.3 is 0 Å². The lowest BCUT2D eigenvalue weighted by molar-refractivity contribution is -0.101. The first-order chi connectivity index (χ1) is 8.86. The molecule has 0 aromatic carbocycles. The fourth-order valence-electron chi connectivity index (χ4n) is 4.12. The van der Waals surface area contributed by atoms with E-state index in [1.165, 1.54) is 64.2 Å². The minimum atomic E-state index is 0.332.